The minimum Gasteiger partial charge on any atom is -0.395 e. The molecule has 0 aliphatic rings. The predicted octanol–water partition coefficient (Wildman–Crippen LogP) is 1.05. The van der Waals surface area contributed by atoms with Gasteiger partial charge in [0.05, 0.1) is 13.2 Å². The van der Waals surface area contributed by atoms with Gasteiger partial charge in [-0.05, 0) is 5.56 Å². The van der Waals surface area contributed by atoms with Crippen molar-refractivity contribution >= 4 is 11.8 Å². The Labute approximate surface area is 111 Å². The third-order valence-electron chi connectivity index (χ3n) is 2.47. The number of benzene rings is 1. The van der Waals surface area contributed by atoms with Crippen molar-refractivity contribution < 1.29 is 9.90 Å². The third-order valence-corrected chi connectivity index (χ3v) is 2.47. The summed E-state index contributed by atoms with van der Waals surface area (Å²) in [5, 5.41) is 17.9. The maximum absolute atomic E-state index is 11.4. The fourth-order valence-corrected chi connectivity index (χ4v) is 1.62. The van der Waals surface area contributed by atoms with E-state index in [9.17, 15) is 4.79 Å². The molecule has 0 aliphatic carbocycles. The number of nitrogens with zero attached hydrogens (tertiary/aromatic N) is 2. The topological polar surface area (TPSA) is 79.2 Å². The summed E-state index contributed by atoms with van der Waals surface area (Å²) in [4.78, 5) is 11.4. The Bertz CT molecular complexity index is 524. The Morgan fingerprint density at radius 2 is 2.05 bits per heavy atom. The van der Waals surface area contributed by atoms with E-state index in [4.69, 9.17) is 5.11 Å². The van der Waals surface area contributed by atoms with Crippen molar-refractivity contribution in [1.29, 1.82) is 0 Å². The molecule has 0 saturated heterocycles. The van der Waals surface area contributed by atoms with Crippen molar-refractivity contribution in [2.45, 2.75) is 6.54 Å². The third kappa shape index (κ3) is 4.11. The highest BCUT2D eigenvalue weighted by atomic mass is 16.3. The summed E-state index contributed by atoms with van der Waals surface area (Å²) in [6, 6.07) is 11.3. The molecule has 0 spiro atoms. The second-order valence-electron chi connectivity index (χ2n) is 3.99. The molecule has 0 fully saturated rings. The van der Waals surface area contributed by atoms with Crippen LogP contribution in [0.25, 0.3) is 0 Å². The Morgan fingerprint density at radius 3 is 2.79 bits per heavy atom. The summed E-state index contributed by atoms with van der Waals surface area (Å²) in [6.45, 7) is 0.785. The SMILES string of the molecule is O=C(NCCO)Nc1ccn(Cc2ccccc2)n1. The maximum Gasteiger partial charge on any atom is 0.320 e. The van der Waals surface area contributed by atoms with Gasteiger partial charge in [-0.2, -0.15) is 5.10 Å². The number of rotatable bonds is 5. The number of hydrogen-bond donors (Lipinski definition) is 3. The molecule has 0 atom stereocenters. The van der Waals surface area contributed by atoms with Crippen molar-refractivity contribution in [3.8, 4) is 0 Å². The Hall–Kier alpha value is -2.34. The molecule has 1 heterocycles. The summed E-state index contributed by atoms with van der Waals surface area (Å²) in [5.74, 6) is 0.478. The molecule has 2 rings (SSSR count). The van der Waals surface area contributed by atoms with Crippen molar-refractivity contribution in [2.24, 2.45) is 0 Å². The molecule has 0 radical (unpaired) electrons. The van der Waals surface area contributed by atoms with E-state index in [1.54, 1.807) is 16.9 Å². The molecular weight excluding hydrogens is 244 g/mol. The number of amides is 2. The van der Waals surface area contributed by atoms with Crippen LogP contribution in [0.15, 0.2) is 42.6 Å². The van der Waals surface area contributed by atoms with Gasteiger partial charge in [0.1, 0.15) is 0 Å². The molecule has 6 nitrogen and oxygen atoms in total. The number of urea groups is 1. The molecule has 0 unspecified atom stereocenters. The lowest BCUT2D eigenvalue weighted by atomic mass is 10.2. The highest BCUT2D eigenvalue weighted by molar-refractivity contribution is 5.88. The lowest BCUT2D eigenvalue weighted by Gasteiger charge is -2.03. The van der Waals surface area contributed by atoms with E-state index in [1.165, 1.54) is 0 Å². The van der Waals surface area contributed by atoms with Gasteiger partial charge >= 0.3 is 6.03 Å². The van der Waals surface area contributed by atoms with Crippen LogP contribution in [0.2, 0.25) is 0 Å². The second-order valence-corrected chi connectivity index (χ2v) is 3.99. The number of aliphatic hydroxyl groups is 1. The second kappa shape index (κ2) is 6.55. The molecule has 100 valence electrons. The molecule has 19 heavy (non-hydrogen) atoms. The van der Waals surface area contributed by atoms with E-state index in [-0.39, 0.29) is 19.2 Å². The smallest absolute Gasteiger partial charge is 0.320 e. The number of carbonyl (C=O) groups excluding carboxylic acids is 1. The zero-order valence-electron chi connectivity index (χ0n) is 10.4. The van der Waals surface area contributed by atoms with Crippen LogP contribution in [-0.4, -0.2) is 34.1 Å². The standard InChI is InChI=1S/C13H16N4O2/c18-9-7-14-13(19)15-12-6-8-17(16-12)10-11-4-2-1-3-5-11/h1-6,8,18H,7,9-10H2,(H2,14,15,16,19). The van der Waals surface area contributed by atoms with E-state index in [2.05, 4.69) is 15.7 Å². The lowest BCUT2D eigenvalue weighted by Crippen LogP contribution is -2.31. The average molecular weight is 260 g/mol. The monoisotopic (exact) mass is 260 g/mol. The number of nitrogens with one attached hydrogen (secondary N) is 2. The molecule has 2 amide bonds. The van der Waals surface area contributed by atoms with Crippen LogP contribution in [0.3, 0.4) is 0 Å². The van der Waals surface area contributed by atoms with E-state index < -0.39 is 0 Å². The summed E-state index contributed by atoms with van der Waals surface area (Å²) < 4.78 is 1.75. The van der Waals surface area contributed by atoms with E-state index in [1.807, 2.05) is 30.3 Å². The van der Waals surface area contributed by atoms with E-state index in [0.717, 1.165) is 5.56 Å². The zero-order chi connectivity index (χ0) is 13.5. The first-order chi connectivity index (χ1) is 9.28. The van der Waals surface area contributed by atoms with Gasteiger partial charge in [-0.25, -0.2) is 4.79 Å². The van der Waals surface area contributed by atoms with Crippen LogP contribution in [0.1, 0.15) is 5.56 Å². The number of carbonyl (C=O) groups is 1. The van der Waals surface area contributed by atoms with Crippen molar-refractivity contribution in [3.05, 3.63) is 48.2 Å². The Kier molecular flexibility index (Phi) is 4.52. The number of anilines is 1. The number of aromatic nitrogens is 2. The molecule has 2 aromatic rings. The van der Waals surface area contributed by atoms with Crippen molar-refractivity contribution in [2.75, 3.05) is 18.5 Å². The minimum absolute atomic E-state index is 0.0874. The zero-order valence-corrected chi connectivity index (χ0v) is 10.4. The quantitative estimate of drug-likeness (QED) is 0.751. The van der Waals surface area contributed by atoms with Gasteiger partial charge < -0.3 is 10.4 Å². The number of aliphatic hydroxyl groups excluding tert-OH is 1. The summed E-state index contributed by atoms with van der Waals surface area (Å²) in [6.07, 6.45) is 1.80. The molecule has 6 heteroatoms. The first-order valence-corrected chi connectivity index (χ1v) is 6.01. The van der Waals surface area contributed by atoms with Crippen LogP contribution >= 0.6 is 0 Å². The van der Waals surface area contributed by atoms with Crippen LogP contribution in [0, 0.1) is 0 Å². The maximum atomic E-state index is 11.4. The fraction of sp³-hybridized carbons (Fsp3) is 0.231. The Morgan fingerprint density at radius 1 is 1.26 bits per heavy atom. The first kappa shape index (κ1) is 13.1. The molecule has 0 saturated carbocycles. The lowest BCUT2D eigenvalue weighted by molar-refractivity contribution is 0.244. The predicted molar refractivity (Wildman–Crippen MR) is 71.9 cm³/mol. The summed E-state index contributed by atoms with van der Waals surface area (Å²) in [7, 11) is 0. The van der Waals surface area contributed by atoms with E-state index >= 15 is 0 Å². The molecule has 1 aromatic carbocycles. The van der Waals surface area contributed by atoms with Crippen LogP contribution in [-0.2, 0) is 6.54 Å². The van der Waals surface area contributed by atoms with Crippen molar-refractivity contribution in [1.82, 2.24) is 15.1 Å². The molecule has 0 bridgehead atoms. The summed E-state index contributed by atoms with van der Waals surface area (Å²) in [5.41, 5.74) is 1.14. The van der Waals surface area contributed by atoms with Gasteiger partial charge in [-0.15, -0.1) is 0 Å². The van der Waals surface area contributed by atoms with Crippen LogP contribution in [0.5, 0.6) is 0 Å². The van der Waals surface area contributed by atoms with Gasteiger partial charge in [0.25, 0.3) is 0 Å². The molecule has 0 aliphatic heterocycles. The van der Waals surface area contributed by atoms with Gasteiger partial charge in [-0.3, -0.25) is 10.00 Å². The van der Waals surface area contributed by atoms with Crippen molar-refractivity contribution in [3.63, 3.8) is 0 Å². The highest BCUT2D eigenvalue weighted by Crippen LogP contribution is 2.06. The fourth-order valence-electron chi connectivity index (χ4n) is 1.62. The van der Waals surface area contributed by atoms with E-state index in [0.29, 0.717) is 12.4 Å². The normalized spacial score (nSPS) is 10.2. The average Bonchev–Trinajstić information content (AvgIpc) is 2.85. The number of hydrogen-bond acceptors (Lipinski definition) is 3. The largest absolute Gasteiger partial charge is 0.395 e. The summed E-state index contributed by atoms with van der Waals surface area (Å²) >= 11 is 0. The van der Waals surface area contributed by atoms with Crippen LogP contribution in [0.4, 0.5) is 10.6 Å². The highest BCUT2D eigenvalue weighted by Gasteiger charge is 2.04. The molecule has 1 aromatic heterocycles. The van der Waals surface area contributed by atoms with Gasteiger partial charge in [0.15, 0.2) is 5.82 Å². The minimum atomic E-state index is -0.376. The molecule has 3 N–H and O–H groups in total. The van der Waals surface area contributed by atoms with Crippen LogP contribution < -0.4 is 10.6 Å². The molecular formula is C13H16N4O2. The Balaban J connectivity index is 1.90. The van der Waals surface area contributed by atoms with Gasteiger partial charge in [0.2, 0.25) is 0 Å². The van der Waals surface area contributed by atoms with Gasteiger partial charge in [-0.1, -0.05) is 30.3 Å². The van der Waals surface area contributed by atoms with Gasteiger partial charge in [0, 0.05) is 18.8 Å². The first-order valence-electron chi connectivity index (χ1n) is 6.01.